The molecule has 2 atom stereocenters. The van der Waals surface area contributed by atoms with E-state index in [9.17, 15) is 14.7 Å². The van der Waals surface area contributed by atoms with Crippen LogP contribution in [0.3, 0.4) is 0 Å². The fraction of sp³-hybridized carbons (Fsp3) is 0.529. The van der Waals surface area contributed by atoms with Gasteiger partial charge in [-0.25, -0.2) is 4.79 Å². The highest BCUT2D eigenvalue weighted by molar-refractivity contribution is 5.73. The molecular weight excluding hydrogens is 296 g/mol. The van der Waals surface area contributed by atoms with E-state index in [4.69, 9.17) is 10.5 Å². The van der Waals surface area contributed by atoms with E-state index in [0.29, 0.717) is 12.1 Å². The Bertz CT molecular complexity index is 578. The van der Waals surface area contributed by atoms with E-state index in [2.05, 4.69) is 5.32 Å². The second kappa shape index (κ2) is 7.35. The maximum Gasteiger partial charge on any atom is 0.407 e. The lowest BCUT2D eigenvalue weighted by atomic mass is 9.92. The zero-order valence-electron chi connectivity index (χ0n) is 14.3. The Morgan fingerprint density at radius 3 is 2.48 bits per heavy atom. The fourth-order valence-electron chi connectivity index (χ4n) is 2.13. The lowest BCUT2D eigenvalue weighted by Gasteiger charge is -2.26. The van der Waals surface area contributed by atoms with Gasteiger partial charge in [0.1, 0.15) is 5.60 Å². The van der Waals surface area contributed by atoms with E-state index in [-0.39, 0.29) is 0 Å². The molecule has 23 heavy (non-hydrogen) atoms. The van der Waals surface area contributed by atoms with Gasteiger partial charge in [0.05, 0.1) is 5.92 Å². The first-order valence-corrected chi connectivity index (χ1v) is 7.57. The number of aryl methyl sites for hydroxylation is 1. The van der Waals surface area contributed by atoms with Gasteiger partial charge in [0.25, 0.3) is 0 Å². The number of benzene rings is 1. The number of rotatable bonds is 5. The molecule has 1 aromatic carbocycles. The van der Waals surface area contributed by atoms with Gasteiger partial charge in [0.2, 0.25) is 0 Å². The summed E-state index contributed by atoms with van der Waals surface area (Å²) in [7, 11) is 0. The summed E-state index contributed by atoms with van der Waals surface area (Å²) in [5, 5.41) is 12.0. The highest BCUT2D eigenvalue weighted by Gasteiger charge is 2.28. The van der Waals surface area contributed by atoms with Crippen LogP contribution in [0.5, 0.6) is 0 Å². The van der Waals surface area contributed by atoms with Gasteiger partial charge in [-0.15, -0.1) is 0 Å². The van der Waals surface area contributed by atoms with Gasteiger partial charge in [-0.2, -0.15) is 0 Å². The van der Waals surface area contributed by atoms with Crippen molar-refractivity contribution < 1.29 is 19.4 Å². The number of anilines is 1. The lowest BCUT2D eigenvalue weighted by Crippen LogP contribution is -2.45. The number of carbonyl (C=O) groups excluding carboxylic acids is 1. The molecule has 0 saturated heterocycles. The highest BCUT2D eigenvalue weighted by atomic mass is 16.6. The summed E-state index contributed by atoms with van der Waals surface area (Å²) in [5.74, 6) is -1.74. The van der Waals surface area contributed by atoms with E-state index in [1.54, 1.807) is 39.8 Å². The van der Waals surface area contributed by atoms with Gasteiger partial charge in [-0.3, -0.25) is 4.79 Å². The van der Waals surface area contributed by atoms with Crippen molar-refractivity contribution in [3.8, 4) is 0 Å². The Morgan fingerprint density at radius 2 is 1.96 bits per heavy atom. The molecule has 0 radical (unpaired) electrons. The molecule has 0 aromatic heterocycles. The van der Waals surface area contributed by atoms with Crippen LogP contribution in [-0.2, 0) is 16.0 Å². The number of hydrogen-bond donors (Lipinski definition) is 3. The van der Waals surface area contributed by atoms with Crippen molar-refractivity contribution in [1.29, 1.82) is 0 Å². The molecule has 1 amide bonds. The summed E-state index contributed by atoms with van der Waals surface area (Å²) in [6, 6.07) is 4.87. The van der Waals surface area contributed by atoms with Gasteiger partial charge in [-0.05, 0) is 64.3 Å². The quantitative estimate of drug-likeness (QED) is 0.723. The summed E-state index contributed by atoms with van der Waals surface area (Å²) < 4.78 is 5.22. The van der Waals surface area contributed by atoms with Crippen LogP contribution in [-0.4, -0.2) is 28.8 Å². The van der Waals surface area contributed by atoms with Crippen molar-refractivity contribution in [3.63, 3.8) is 0 Å². The third kappa shape index (κ3) is 6.18. The zero-order valence-corrected chi connectivity index (χ0v) is 14.3. The minimum absolute atomic E-state index is 0.365. The maximum absolute atomic E-state index is 12.0. The number of carboxylic acid groups (broad SMARTS) is 1. The number of carboxylic acids is 1. The molecule has 0 aliphatic heterocycles. The molecule has 0 spiro atoms. The number of hydrogen-bond acceptors (Lipinski definition) is 4. The molecule has 1 aromatic rings. The second-order valence-electron chi connectivity index (χ2n) is 6.77. The van der Waals surface area contributed by atoms with E-state index < -0.39 is 29.6 Å². The van der Waals surface area contributed by atoms with Gasteiger partial charge in [0.15, 0.2) is 0 Å². The lowest BCUT2D eigenvalue weighted by molar-refractivity contribution is -0.142. The third-order valence-corrected chi connectivity index (χ3v) is 3.51. The van der Waals surface area contributed by atoms with Crippen LogP contribution in [0.4, 0.5) is 10.5 Å². The van der Waals surface area contributed by atoms with Crippen LogP contribution in [0.2, 0.25) is 0 Å². The summed E-state index contributed by atoms with van der Waals surface area (Å²) in [5.41, 5.74) is 7.65. The van der Waals surface area contributed by atoms with Crippen molar-refractivity contribution in [3.05, 3.63) is 29.3 Å². The predicted octanol–water partition coefficient (Wildman–Crippen LogP) is 2.73. The number of alkyl carbamates (subject to hydrolysis) is 1. The number of nitrogens with one attached hydrogen (secondary N) is 1. The van der Waals surface area contributed by atoms with Crippen molar-refractivity contribution in [2.75, 3.05) is 5.73 Å². The first-order valence-electron chi connectivity index (χ1n) is 7.57. The number of amides is 1. The molecule has 1 rings (SSSR count). The molecule has 6 heteroatoms. The minimum atomic E-state index is -0.979. The molecule has 0 fully saturated rings. The smallest absolute Gasteiger partial charge is 0.407 e. The van der Waals surface area contributed by atoms with E-state index in [0.717, 1.165) is 11.1 Å². The number of aliphatic carboxylic acids is 1. The van der Waals surface area contributed by atoms with Crippen LogP contribution < -0.4 is 11.1 Å². The molecule has 0 heterocycles. The molecule has 128 valence electrons. The molecule has 0 aliphatic carbocycles. The first-order chi connectivity index (χ1) is 10.5. The summed E-state index contributed by atoms with van der Waals surface area (Å²) >= 11 is 0. The highest BCUT2D eigenvalue weighted by Crippen LogP contribution is 2.18. The van der Waals surface area contributed by atoms with Crippen LogP contribution in [0.1, 0.15) is 38.8 Å². The van der Waals surface area contributed by atoms with Gasteiger partial charge < -0.3 is 20.9 Å². The summed E-state index contributed by atoms with van der Waals surface area (Å²) in [4.78, 5) is 23.3. The Morgan fingerprint density at radius 1 is 1.35 bits per heavy atom. The molecule has 1 unspecified atom stereocenters. The third-order valence-electron chi connectivity index (χ3n) is 3.51. The zero-order chi connectivity index (χ0) is 17.8. The van der Waals surface area contributed by atoms with Gasteiger partial charge in [0, 0.05) is 11.7 Å². The second-order valence-corrected chi connectivity index (χ2v) is 6.77. The number of carbonyl (C=O) groups is 2. The van der Waals surface area contributed by atoms with Crippen molar-refractivity contribution >= 4 is 17.7 Å². The fourth-order valence-corrected chi connectivity index (χ4v) is 2.13. The Kier molecular flexibility index (Phi) is 6.01. The Hall–Kier alpha value is -2.24. The minimum Gasteiger partial charge on any atom is -0.481 e. The standard InChI is InChI=1S/C17H26N2O4/c1-10-6-7-13(18)8-12(10)9-14(11(2)15(20)21)19-16(22)23-17(3,4)5/h6-8,11,14H,9,18H2,1-5H3,(H,19,22)(H,20,21)/t11?,14-/m0/s1. The Labute approximate surface area is 137 Å². The topological polar surface area (TPSA) is 102 Å². The number of nitrogen functional groups attached to an aromatic ring is 1. The van der Waals surface area contributed by atoms with Gasteiger partial charge >= 0.3 is 12.1 Å². The van der Waals surface area contributed by atoms with Crippen molar-refractivity contribution in [2.24, 2.45) is 5.92 Å². The monoisotopic (exact) mass is 322 g/mol. The molecular formula is C17H26N2O4. The average Bonchev–Trinajstić information content (AvgIpc) is 2.39. The van der Waals surface area contributed by atoms with Gasteiger partial charge in [-0.1, -0.05) is 6.07 Å². The van der Waals surface area contributed by atoms with E-state index in [1.807, 2.05) is 13.0 Å². The molecule has 0 aliphatic rings. The molecule has 0 saturated carbocycles. The van der Waals surface area contributed by atoms with E-state index in [1.165, 1.54) is 0 Å². The van der Waals surface area contributed by atoms with Crippen molar-refractivity contribution in [2.45, 2.75) is 52.7 Å². The first kappa shape index (κ1) is 18.8. The average molecular weight is 322 g/mol. The Balaban J connectivity index is 2.95. The van der Waals surface area contributed by atoms with Crippen LogP contribution >= 0.6 is 0 Å². The number of nitrogens with two attached hydrogens (primary N) is 1. The summed E-state index contributed by atoms with van der Waals surface area (Å²) in [6.45, 7) is 8.75. The van der Waals surface area contributed by atoms with Crippen molar-refractivity contribution in [1.82, 2.24) is 5.32 Å². The predicted molar refractivity (Wildman–Crippen MR) is 89.3 cm³/mol. The van der Waals surface area contributed by atoms with E-state index >= 15 is 0 Å². The largest absolute Gasteiger partial charge is 0.481 e. The SMILES string of the molecule is Cc1ccc(N)cc1C[C@H](NC(=O)OC(C)(C)C)C(C)C(=O)O. The number of ether oxygens (including phenoxy) is 1. The van der Waals surface area contributed by atoms with Crippen LogP contribution in [0, 0.1) is 12.8 Å². The molecule has 4 N–H and O–H groups in total. The normalized spacial score (nSPS) is 14.0. The summed E-state index contributed by atoms with van der Waals surface area (Å²) in [6.07, 6.45) is -0.263. The molecule has 0 bridgehead atoms. The molecule has 6 nitrogen and oxygen atoms in total. The maximum atomic E-state index is 12.0. The van der Waals surface area contributed by atoms with Crippen LogP contribution in [0.25, 0.3) is 0 Å². The van der Waals surface area contributed by atoms with Crippen LogP contribution in [0.15, 0.2) is 18.2 Å².